The molecule has 3 fully saturated rings. The smallest absolute Gasteiger partial charge is 0.339 e. The van der Waals surface area contributed by atoms with Crippen molar-refractivity contribution in [1.29, 1.82) is 0 Å². The van der Waals surface area contributed by atoms with E-state index in [0.717, 1.165) is 44.8 Å². The Morgan fingerprint density at radius 3 is 2.37 bits per heavy atom. The van der Waals surface area contributed by atoms with Crippen LogP contribution in [0.15, 0.2) is 36.7 Å². The Hall–Kier alpha value is -2.88. The highest BCUT2D eigenvalue weighted by Crippen LogP contribution is 2.41. The van der Waals surface area contributed by atoms with E-state index in [2.05, 4.69) is 5.10 Å². The molecule has 1 aliphatic carbocycles. The van der Waals surface area contributed by atoms with E-state index < -0.39 is 11.7 Å². The average Bonchev–Trinajstić information content (AvgIpc) is 3.61. The van der Waals surface area contributed by atoms with Crippen molar-refractivity contribution >= 4 is 11.9 Å². The van der Waals surface area contributed by atoms with Gasteiger partial charge in [-0.2, -0.15) is 23.0 Å². The van der Waals surface area contributed by atoms with E-state index in [4.69, 9.17) is 0 Å². The van der Waals surface area contributed by atoms with Gasteiger partial charge in [-0.3, -0.25) is 9.69 Å². The molecule has 0 bridgehead atoms. The quantitative estimate of drug-likeness (QED) is 0.653. The molecule has 2 aromatic rings. The molecule has 1 saturated carbocycles. The molecule has 0 radical (unpaired) electrons. The van der Waals surface area contributed by atoms with Gasteiger partial charge in [0.1, 0.15) is 0 Å². The van der Waals surface area contributed by atoms with Crippen molar-refractivity contribution in [3.63, 3.8) is 0 Å². The van der Waals surface area contributed by atoms with E-state index >= 15 is 0 Å². The van der Waals surface area contributed by atoms with Crippen LogP contribution < -0.4 is 0 Å². The summed E-state index contributed by atoms with van der Waals surface area (Å²) in [6, 6.07) is 5.69. The number of aromatic nitrogens is 2. The van der Waals surface area contributed by atoms with Crippen LogP contribution in [0.5, 0.6) is 0 Å². The van der Waals surface area contributed by atoms with Crippen molar-refractivity contribution in [2.75, 3.05) is 33.2 Å². The second kappa shape index (κ2) is 9.29. The van der Waals surface area contributed by atoms with Crippen LogP contribution in [0.2, 0.25) is 0 Å². The Morgan fingerprint density at radius 2 is 1.71 bits per heavy atom. The predicted octanol–water partition coefficient (Wildman–Crippen LogP) is 3.95. The van der Waals surface area contributed by atoms with Crippen LogP contribution in [-0.2, 0) is 12.7 Å². The fourth-order valence-corrected chi connectivity index (χ4v) is 5.90. The molecule has 0 spiro atoms. The standard InChI is InChI=1S/C25H30F3N5O2/c1-30(13-17-6-2-3-7-22(17)25(26,27)28)21-10-18-14-32(15-19(18)11-21)24(35)33-16-20(12-29-33)23(34)31-8-4-5-9-31/h2-3,6-7,12,16,18-19,21H,4-5,8-11,13-15H2,1H3/t18-,19+,21-. The van der Waals surface area contributed by atoms with Gasteiger partial charge < -0.3 is 9.80 Å². The average molecular weight is 490 g/mol. The van der Waals surface area contributed by atoms with E-state index in [0.29, 0.717) is 30.5 Å². The first-order valence-corrected chi connectivity index (χ1v) is 12.2. The lowest BCUT2D eigenvalue weighted by Crippen LogP contribution is -2.36. The van der Waals surface area contributed by atoms with Crippen LogP contribution in [0, 0.1) is 11.8 Å². The summed E-state index contributed by atoms with van der Waals surface area (Å²) in [6.45, 7) is 2.92. The third kappa shape index (κ3) is 4.80. The van der Waals surface area contributed by atoms with Crippen LogP contribution in [-0.4, -0.2) is 75.7 Å². The molecule has 2 saturated heterocycles. The number of benzene rings is 1. The Bertz CT molecular complexity index is 1080. The first kappa shape index (κ1) is 23.8. The second-order valence-corrected chi connectivity index (χ2v) is 10.1. The van der Waals surface area contributed by atoms with Crippen LogP contribution in [0.25, 0.3) is 0 Å². The maximum atomic E-state index is 13.4. The lowest BCUT2D eigenvalue weighted by atomic mass is 10.0. The number of fused-ring (bicyclic) bond motifs is 1. The second-order valence-electron chi connectivity index (χ2n) is 10.1. The molecular weight excluding hydrogens is 459 g/mol. The van der Waals surface area contributed by atoms with Gasteiger partial charge in [0.05, 0.1) is 17.3 Å². The number of nitrogens with zero attached hydrogens (tertiary/aromatic N) is 5. The Labute approximate surface area is 202 Å². The number of hydrogen-bond acceptors (Lipinski definition) is 4. The Balaban J connectivity index is 1.17. The van der Waals surface area contributed by atoms with E-state index in [1.54, 1.807) is 21.9 Å². The minimum absolute atomic E-state index is 0.0854. The van der Waals surface area contributed by atoms with Crippen LogP contribution in [0.3, 0.4) is 0 Å². The van der Waals surface area contributed by atoms with E-state index in [-0.39, 0.29) is 30.1 Å². The third-order valence-corrected chi connectivity index (χ3v) is 7.78. The Kier molecular flexibility index (Phi) is 6.33. The van der Waals surface area contributed by atoms with Crippen molar-refractivity contribution in [2.24, 2.45) is 11.8 Å². The van der Waals surface area contributed by atoms with E-state index in [1.165, 1.54) is 23.1 Å². The van der Waals surface area contributed by atoms with Gasteiger partial charge in [-0.25, -0.2) is 4.79 Å². The van der Waals surface area contributed by atoms with Gasteiger partial charge in [-0.1, -0.05) is 18.2 Å². The first-order chi connectivity index (χ1) is 16.7. The van der Waals surface area contributed by atoms with Gasteiger partial charge in [0.15, 0.2) is 0 Å². The maximum absolute atomic E-state index is 13.4. The molecular formula is C25H30F3N5O2. The molecule has 35 heavy (non-hydrogen) atoms. The van der Waals surface area contributed by atoms with Gasteiger partial charge in [-0.05, 0) is 56.2 Å². The molecule has 188 valence electrons. The molecule has 3 heterocycles. The fraction of sp³-hybridized carbons (Fsp3) is 0.560. The summed E-state index contributed by atoms with van der Waals surface area (Å²) in [5.41, 5.74) is 0.137. The molecule has 0 N–H and O–H groups in total. The monoisotopic (exact) mass is 489 g/mol. The zero-order valence-corrected chi connectivity index (χ0v) is 19.7. The highest BCUT2D eigenvalue weighted by Gasteiger charge is 2.44. The number of halogens is 3. The van der Waals surface area contributed by atoms with Crippen LogP contribution in [0.1, 0.15) is 47.2 Å². The van der Waals surface area contributed by atoms with Crippen molar-refractivity contribution in [3.05, 3.63) is 53.3 Å². The summed E-state index contributed by atoms with van der Waals surface area (Å²) in [4.78, 5) is 31.1. The van der Waals surface area contributed by atoms with Gasteiger partial charge >= 0.3 is 12.2 Å². The number of hydrogen-bond donors (Lipinski definition) is 0. The molecule has 2 amide bonds. The van der Waals surface area contributed by atoms with E-state index in [1.807, 2.05) is 11.9 Å². The summed E-state index contributed by atoms with van der Waals surface area (Å²) < 4.78 is 41.3. The normalized spacial score (nSPS) is 24.4. The number of carbonyl (C=O) groups excluding carboxylic acids is 2. The van der Waals surface area contributed by atoms with Crippen molar-refractivity contribution < 1.29 is 22.8 Å². The lowest BCUT2D eigenvalue weighted by molar-refractivity contribution is -0.138. The summed E-state index contributed by atoms with van der Waals surface area (Å²) >= 11 is 0. The van der Waals surface area contributed by atoms with E-state index in [9.17, 15) is 22.8 Å². The van der Waals surface area contributed by atoms with Crippen molar-refractivity contribution in [3.8, 4) is 0 Å². The SMILES string of the molecule is CN(Cc1ccccc1C(F)(F)F)[C@@H]1C[C@@H]2CN(C(=O)n3cc(C(=O)N4CCCC4)cn3)C[C@@H]2C1. The zero-order chi connectivity index (χ0) is 24.7. The Morgan fingerprint density at radius 1 is 1.06 bits per heavy atom. The summed E-state index contributed by atoms with van der Waals surface area (Å²) in [6.07, 6.45) is 2.30. The van der Waals surface area contributed by atoms with Crippen LogP contribution >= 0.6 is 0 Å². The summed E-state index contributed by atoms with van der Waals surface area (Å²) in [5, 5.41) is 4.14. The zero-order valence-electron chi connectivity index (χ0n) is 19.7. The minimum Gasteiger partial charge on any atom is -0.339 e. The molecule has 5 rings (SSSR count). The largest absolute Gasteiger partial charge is 0.416 e. The predicted molar refractivity (Wildman–Crippen MR) is 123 cm³/mol. The molecule has 2 aliphatic heterocycles. The summed E-state index contributed by atoms with van der Waals surface area (Å²) in [5.74, 6) is 0.536. The van der Waals surface area contributed by atoms with Gasteiger partial charge in [-0.15, -0.1) is 0 Å². The number of amides is 2. The number of likely N-dealkylation sites (tertiary alicyclic amines) is 2. The van der Waals surface area contributed by atoms with Gasteiger partial charge in [0.2, 0.25) is 0 Å². The van der Waals surface area contributed by atoms with Gasteiger partial charge in [0.25, 0.3) is 5.91 Å². The number of carbonyl (C=O) groups is 2. The number of alkyl halides is 3. The maximum Gasteiger partial charge on any atom is 0.416 e. The van der Waals surface area contributed by atoms with Crippen molar-refractivity contribution in [2.45, 2.75) is 44.4 Å². The molecule has 3 atom stereocenters. The number of rotatable bonds is 4. The molecule has 3 aliphatic rings. The van der Waals surface area contributed by atoms with Gasteiger partial charge in [0, 0.05) is 45.0 Å². The molecule has 0 unspecified atom stereocenters. The lowest BCUT2D eigenvalue weighted by Gasteiger charge is -2.27. The first-order valence-electron chi connectivity index (χ1n) is 12.2. The topological polar surface area (TPSA) is 61.7 Å². The fourth-order valence-electron chi connectivity index (χ4n) is 5.90. The highest BCUT2D eigenvalue weighted by atomic mass is 19.4. The molecule has 1 aromatic carbocycles. The third-order valence-electron chi connectivity index (χ3n) is 7.78. The molecule has 1 aromatic heterocycles. The molecule has 10 heteroatoms. The highest BCUT2D eigenvalue weighted by molar-refractivity contribution is 5.94. The molecule has 7 nitrogen and oxygen atoms in total. The van der Waals surface area contributed by atoms with Crippen molar-refractivity contribution in [1.82, 2.24) is 24.5 Å². The minimum atomic E-state index is -4.37. The summed E-state index contributed by atoms with van der Waals surface area (Å²) in [7, 11) is 1.88. The van der Waals surface area contributed by atoms with Crippen LogP contribution in [0.4, 0.5) is 18.0 Å².